The van der Waals surface area contributed by atoms with Crippen LogP contribution in [0, 0.1) is 0 Å². The third-order valence-electron chi connectivity index (χ3n) is 3.65. The SMILES string of the molecule is COC(OC)[C@@H](C)NC(=O)[C@H](CCSC)NC(=O)c1ccc(Cl)cc1Cl. The first-order valence-electron chi connectivity index (χ1n) is 7.94. The van der Waals surface area contributed by atoms with Gasteiger partial charge in [0.25, 0.3) is 5.91 Å². The van der Waals surface area contributed by atoms with Gasteiger partial charge in [0, 0.05) is 19.2 Å². The van der Waals surface area contributed by atoms with Crippen LogP contribution < -0.4 is 10.6 Å². The lowest BCUT2D eigenvalue weighted by Gasteiger charge is -2.25. The second-order valence-corrected chi connectivity index (χ2v) is 7.40. The van der Waals surface area contributed by atoms with Crippen molar-refractivity contribution in [3.8, 4) is 0 Å². The fourth-order valence-electron chi connectivity index (χ4n) is 2.31. The summed E-state index contributed by atoms with van der Waals surface area (Å²) in [5.41, 5.74) is 0.262. The number of nitrogens with one attached hydrogen (secondary N) is 2. The minimum absolute atomic E-state index is 0.228. The van der Waals surface area contributed by atoms with E-state index in [9.17, 15) is 9.59 Å². The molecule has 0 saturated carbocycles. The molecule has 0 spiro atoms. The summed E-state index contributed by atoms with van der Waals surface area (Å²) in [6.07, 6.45) is 1.82. The summed E-state index contributed by atoms with van der Waals surface area (Å²) in [4.78, 5) is 25.1. The number of ether oxygens (including phenoxy) is 2. The predicted molar refractivity (Wildman–Crippen MR) is 106 cm³/mol. The maximum Gasteiger partial charge on any atom is 0.253 e. The number of rotatable bonds is 10. The molecule has 0 heterocycles. The van der Waals surface area contributed by atoms with Gasteiger partial charge < -0.3 is 20.1 Å². The minimum atomic E-state index is -0.710. The molecule has 0 saturated heterocycles. The number of benzene rings is 1. The third-order valence-corrected chi connectivity index (χ3v) is 4.84. The lowest BCUT2D eigenvalue weighted by molar-refractivity contribution is -0.137. The molecule has 1 rings (SSSR count). The Morgan fingerprint density at radius 3 is 2.38 bits per heavy atom. The Labute approximate surface area is 168 Å². The van der Waals surface area contributed by atoms with Gasteiger partial charge >= 0.3 is 0 Å². The fraction of sp³-hybridized carbons (Fsp3) is 0.529. The van der Waals surface area contributed by atoms with Crippen LogP contribution in [0.1, 0.15) is 23.7 Å². The molecule has 0 aromatic heterocycles. The Morgan fingerprint density at radius 2 is 1.85 bits per heavy atom. The van der Waals surface area contributed by atoms with E-state index in [2.05, 4.69) is 10.6 Å². The zero-order valence-electron chi connectivity index (χ0n) is 15.2. The van der Waals surface area contributed by atoms with Crippen LogP contribution in [0.3, 0.4) is 0 Å². The molecule has 0 unspecified atom stereocenters. The first-order chi connectivity index (χ1) is 12.3. The highest BCUT2D eigenvalue weighted by atomic mass is 35.5. The van der Waals surface area contributed by atoms with E-state index in [1.54, 1.807) is 24.8 Å². The van der Waals surface area contributed by atoms with Gasteiger partial charge in [0.2, 0.25) is 5.91 Å². The molecule has 6 nitrogen and oxygen atoms in total. The highest BCUT2D eigenvalue weighted by Crippen LogP contribution is 2.21. The van der Waals surface area contributed by atoms with Crippen LogP contribution in [0.25, 0.3) is 0 Å². The van der Waals surface area contributed by atoms with E-state index in [0.717, 1.165) is 0 Å². The van der Waals surface area contributed by atoms with Gasteiger partial charge in [0.15, 0.2) is 6.29 Å². The standard InChI is InChI=1S/C17H24Cl2N2O4S/c1-10(17(24-2)25-3)20-16(23)14(7-8-26-4)21-15(22)12-6-5-11(18)9-13(12)19/h5-6,9-10,14,17H,7-8H2,1-4H3,(H,20,23)(H,21,22)/t10-,14+/m1/s1. The molecule has 0 radical (unpaired) electrons. The molecule has 0 bridgehead atoms. The number of carbonyl (C=O) groups is 2. The molecule has 2 N–H and O–H groups in total. The molecule has 0 fully saturated rings. The zero-order valence-corrected chi connectivity index (χ0v) is 17.5. The van der Waals surface area contributed by atoms with Gasteiger partial charge in [-0.1, -0.05) is 23.2 Å². The van der Waals surface area contributed by atoms with Crippen LogP contribution in [0.15, 0.2) is 18.2 Å². The van der Waals surface area contributed by atoms with Crippen LogP contribution in [0.2, 0.25) is 10.0 Å². The highest BCUT2D eigenvalue weighted by molar-refractivity contribution is 7.98. The van der Waals surface area contributed by atoms with E-state index >= 15 is 0 Å². The Morgan fingerprint density at radius 1 is 1.19 bits per heavy atom. The van der Waals surface area contributed by atoms with E-state index in [1.165, 1.54) is 26.4 Å². The van der Waals surface area contributed by atoms with Gasteiger partial charge in [0.05, 0.1) is 16.6 Å². The van der Waals surface area contributed by atoms with Crippen molar-refractivity contribution >= 4 is 46.8 Å². The van der Waals surface area contributed by atoms with Gasteiger partial charge in [0.1, 0.15) is 6.04 Å². The monoisotopic (exact) mass is 422 g/mol. The molecule has 0 aliphatic rings. The Bertz CT molecular complexity index is 614. The van der Waals surface area contributed by atoms with Crippen molar-refractivity contribution in [1.82, 2.24) is 10.6 Å². The van der Waals surface area contributed by atoms with Crippen LogP contribution >= 0.6 is 35.0 Å². The Balaban J connectivity index is 2.85. The topological polar surface area (TPSA) is 76.7 Å². The number of halogens is 2. The third kappa shape index (κ3) is 6.96. The summed E-state index contributed by atoms with van der Waals surface area (Å²) in [7, 11) is 2.98. The molecule has 1 aromatic carbocycles. The summed E-state index contributed by atoms with van der Waals surface area (Å²) in [6.45, 7) is 1.76. The van der Waals surface area contributed by atoms with Crippen molar-refractivity contribution in [3.63, 3.8) is 0 Å². The molecule has 0 aliphatic carbocycles. The van der Waals surface area contributed by atoms with Gasteiger partial charge in [-0.3, -0.25) is 9.59 Å². The van der Waals surface area contributed by atoms with Crippen molar-refractivity contribution in [2.45, 2.75) is 31.7 Å². The van der Waals surface area contributed by atoms with Crippen molar-refractivity contribution < 1.29 is 19.1 Å². The second kappa shape index (κ2) is 11.7. The molecule has 26 heavy (non-hydrogen) atoms. The first-order valence-corrected chi connectivity index (χ1v) is 10.1. The number of amides is 2. The average Bonchev–Trinajstić information content (AvgIpc) is 2.59. The number of hydrogen-bond acceptors (Lipinski definition) is 5. The quantitative estimate of drug-likeness (QED) is 0.566. The molecule has 146 valence electrons. The van der Waals surface area contributed by atoms with Crippen LogP contribution in [-0.2, 0) is 14.3 Å². The van der Waals surface area contributed by atoms with Crippen molar-refractivity contribution in [2.75, 3.05) is 26.2 Å². The lowest BCUT2D eigenvalue weighted by Crippen LogP contribution is -2.52. The predicted octanol–water partition coefficient (Wildman–Crippen LogP) is 2.97. The summed E-state index contributed by atoms with van der Waals surface area (Å²) in [5, 5.41) is 6.20. The maximum atomic E-state index is 12.6. The van der Waals surface area contributed by atoms with Gasteiger partial charge in [-0.25, -0.2) is 0 Å². The van der Waals surface area contributed by atoms with Gasteiger partial charge in [-0.2, -0.15) is 11.8 Å². The van der Waals surface area contributed by atoms with Crippen molar-refractivity contribution in [3.05, 3.63) is 33.8 Å². The van der Waals surface area contributed by atoms with Crippen molar-refractivity contribution in [1.29, 1.82) is 0 Å². The number of methoxy groups -OCH3 is 2. The van der Waals surface area contributed by atoms with Crippen LogP contribution in [0.4, 0.5) is 0 Å². The largest absolute Gasteiger partial charge is 0.354 e. The van der Waals surface area contributed by atoms with Gasteiger partial charge in [-0.15, -0.1) is 0 Å². The second-order valence-electron chi connectivity index (χ2n) is 5.57. The number of thioether (sulfide) groups is 1. The maximum absolute atomic E-state index is 12.6. The summed E-state index contributed by atoms with van der Waals surface area (Å²) >= 11 is 13.5. The molecule has 1 aromatic rings. The fourth-order valence-corrected chi connectivity index (χ4v) is 3.28. The number of hydrogen-bond donors (Lipinski definition) is 2. The highest BCUT2D eigenvalue weighted by Gasteiger charge is 2.26. The Kier molecular flexibility index (Phi) is 10.3. The van der Waals surface area contributed by atoms with Crippen LogP contribution in [-0.4, -0.2) is 56.4 Å². The summed E-state index contributed by atoms with van der Waals surface area (Å²) < 4.78 is 10.3. The molecule has 9 heteroatoms. The lowest BCUT2D eigenvalue weighted by atomic mass is 10.1. The van der Waals surface area contributed by atoms with E-state index in [0.29, 0.717) is 17.2 Å². The van der Waals surface area contributed by atoms with E-state index in [1.807, 2.05) is 6.26 Å². The van der Waals surface area contributed by atoms with Crippen LogP contribution in [0.5, 0.6) is 0 Å². The average molecular weight is 423 g/mol. The Hall–Kier alpha value is -0.990. The number of carbonyl (C=O) groups excluding carboxylic acids is 2. The summed E-state index contributed by atoms with van der Waals surface area (Å²) in [5.74, 6) is -0.0429. The minimum Gasteiger partial charge on any atom is -0.354 e. The molecular weight excluding hydrogens is 399 g/mol. The summed E-state index contributed by atoms with van der Waals surface area (Å²) in [6, 6.07) is 3.49. The van der Waals surface area contributed by atoms with E-state index in [4.69, 9.17) is 32.7 Å². The smallest absolute Gasteiger partial charge is 0.253 e. The van der Waals surface area contributed by atoms with Crippen molar-refractivity contribution in [2.24, 2.45) is 0 Å². The normalized spacial score (nSPS) is 13.3. The molecule has 0 aliphatic heterocycles. The molecular formula is C17H24Cl2N2O4S. The van der Waals surface area contributed by atoms with E-state index in [-0.39, 0.29) is 22.5 Å². The van der Waals surface area contributed by atoms with Gasteiger partial charge in [-0.05, 0) is 43.6 Å². The molecule has 2 atom stereocenters. The van der Waals surface area contributed by atoms with E-state index < -0.39 is 18.2 Å². The zero-order chi connectivity index (χ0) is 19.7. The molecule has 2 amide bonds. The first kappa shape index (κ1) is 23.0.